The van der Waals surface area contributed by atoms with Crippen LogP contribution in [0.1, 0.15) is 11.3 Å². The van der Waals surface area contributed by atoms with Gasteiger partial charge in [0.15, 0.2) is 23.1 Å². The number of hydrogen-bond donors (Lipinski definition) is 1. The summed E-state index contributed by atoms with van der Waals surface area (Å²) in [6.07, 6.45) is 0.441. The Morgan fingerprint density at radius 3 is 2.07 bits per heavy atom. The van der Waals surface area contributed by atoms with E-state index in [1.54, 1.807) is 33.5 Å². The highest BCUT2D eigenvalue weighted by molar-refractivity contribution is 5.63. The molecule has 0 atom stereocenters. The van der Waals surface area contributed by atoms with Crippen LogP contribution < -0.4 is 18.9 Å². The zero-order valence-electron chi connectivity index (χ0n) is 15.5. The first-order valence-corrected chi connectivity index (χ1v) is 8.13. The van der Waals surface area contributed by atoms with Crippen molar-refractivity contribution in [3.05, 3.63) is 47.4 Å². The molecule has 0 aliphatic heterocycles. The maximum atomic E-state index is 14.1. The number of benzene rings is 2. The van der Waals surface area contributed by atoms with E-state index < -0.39 is 5.82 Å². The largest absolute Gasteiger partial charge is 0.494 e. The van der Waals surface area contributed by atoms with Gasteiger partial charge in [-0.05, 0) is 35.9 Å². The molecule has 0 unspecified atom stereocenters. The molecule has 0 fully saturated rings. The minimum atomic E-state index is -0.461. The third-order valence-corrected chi connectivity index (χ3v) is 4.14. The molecule has 1 N–H and O–H groups in total. The molecule has 0 bridgehead atoms. The molecular weight excluding hydrogens is 353 g/mol. The summed E-state index contributed by atoms with van der Waals surface area (Å²) in [5.41, 5.74) is 2.71. The number of ether oxygens (including phenoxy) is 4. The van der Waals surface area contributed by atoms with Crippen LogP contribution >= 0.6 is 0 Å². The first-order chi connectivity index (χ1) is 13.1. The lowest BCUT2D eigenvalue weighted by atomic mass is 10.0. The topological polar surface area (TPSA) is 78.5 Å². The van der Waals surface area contributed by atoms with Gasteiger partial charge in [-0.2, -0.15) is 15.4 Å². The average molecular weight is 373 g/mol. The molecule has 0 saturated carbocycles. The smallest absolute Gasteiger partial charge is 0.203 e. The predicted molar refractivity (Wildman–Crippen MR) is 97.2 cm³/mol. The summed E-state index contributed by atoms with van der Waals surface area (Å²) in [6.45, 7) is 0. The van der Waals surface area contributed by atoms with E-state index in [9.17, 15) is 4.39 Å². The molecule has 3 rings (SSSR count). The summed E-state index contributed by atoms with van der Waals surface area (Å²) in [7, 11) is 6.09. The molecule has 0 aliphatic rings. The Balaban J connectivity index is 1.97. The number of H-pyrrole nitrogens is 1. The van der Waals surface area contributed by atoms with Crippen molar-refractivity contribution in [3.8, 4) is 34.3 Å². The second kappa shape index (κ2) is 7.94. The summed E-state index contributed by atoms with van der Waals surface area (Å²) in [6, 6.07) is 8.35. The van der Waals surface area contributed by atoms with Crippen LogP contribution in [0.5, 0.6) is 23.0 Å². The van der Waals surface area contributed by atoms with Crippen molar-refractivity contribution < 1.29 is 23.3 Å². The minimum absolute atomic E-state index is 0.174. The Morgan fingerprint density at radius 2 is 1.52 bits per heavy atom. The van der Waals surface area contributed by atoms with E-state index >= 15 is 0 Å². The van der Waals surface area contributed by atoms with Gasteiger partial charge in [0.05, 0.1) is 34.1 Å². The van der Waals surface area contributed by atoms with Gasteiger partial charge in [0.2, 0.25) is 5.75 Å². The maximum absolute atomic E-state index is 14.1. The summed E-state index contributed by atoms with van der Waals surface area (Å²) in [5, 5.41) is 11.0. The van der Waals surface area contributed by atoms with Gasteiger partial charge in [0.1, 0.15) is 5.69 Å². The lowest BCUT2D eigenvalue weighted by Crippen LogP contribution is -1.99. The quantitative estimate of drug-likeness (QED) is 0.685. The third-order valence-electron chi connectivity index (χ3n) is 4.14. The fourth-order valence-corrected chi connectivity index (χ4v) is 2.85. The molecule has 1 aromatic heterocycles. The van der Waals surface area contributed by atoms with E-state index in [1.165, 1.54) is 13.2 Å². The monoisotopic (exact) mass is 373 g/mol. The summed E-state index contributed by atoms with van der Waals surface area (Å²) < 4.78 is 35.1. The zero-order chi connectivity index (χ0) is 19.4. The van der Waals surface area contributed by atoms with Crippen LogP contribution in [-0.4, -0.2) is 43.8 Å². The van der Waals surface area contributed by atoms with E-state index in [0.29, 0.717) is 40.6 Å². The Kier molecular flexibility index (Phi) is 5.44. The normalized spacial score (nSPS) is 10.6. The molecular formula is C19H20FN3O4. The third kappa shape index (κ3) is 3.64. The van der Waals surface area contributed by atoms with E-state index in [4.69, 9.17) is 18.9 Å². The van der Waals surface area contributed by atoms with Crippen molar-refractivity contribution in [2.45, 2.75) is 6.42 Å². The van der Waals surface area contributed by atoms with E-state index in [1.807, 2.05) is 12.1 Å². The van der Waals surface area contributed by atoms with Crippen LogP contribution in [-0.2, 0) is 6.42 Å². The van der Waals surface area contributed by atoms with Crippen LogP contribution in [0.15, 0.2) is 30.3 Å². The highest BCUT2D eigenvalue weighted by Gasteiger charge is 2.17. The molecule has 2 aromatic carbocycles. The molecule has 27 heavy (non-hydrogen) atoms. The van der Waals surface area contributed by atoms with Crippen LogP contribution in [0, 0.1) is 5.82 Å². The number of aromatic nitrogens is 3. The highest BCUT2D eigenvalue weighted by Crippen LogP contribution is 2.39. The van der Waals surface area contributed by atoms with E-state index in [-0.39, 0.29) is 5.75 Å². The molecule has 142 valence electrons. The van der Waals surface area contributed by atoms with E-state index in [0.717, 1.165) is 5.56 Å². The maximum Gasteiger partial charge on any atom is 0.203 e. The second-order valence-corrected chi connectivity index (χ2v) is 5.68. The van der Waals surface area contributed by atoms with Crippen LogP contribution in [0.2, 0.25) is 0 Å². The van der Waals surface area contributed by atoms with Gasteiger partial charge in [0, 0.05) is 12.0 Å². The number of nitrogens with one attached hydrogen (secondary N) is 1. The number of rotatable bonds is 7. The standard InChI is InChI=1S/C19H20FN3O4/c1-24-15-6-5-12(10-13(15)20)18-14(21-23-22-18)7-11-8-16(25-2)19(27-4)17(9-11)26-3/h5-6,8-10H,7H2,1-4H3,(H,21,22,23). The first-order valence-electron chi connectivity index (χ1n) is 8.13. The zero-order valence-corrected chi connectivity index (χ0v) is 15.5. The number of halogens is 1. The van der Waals surface area contributed by atoms with E-state index in [2.05, 4.69) is 15.4 Å². The Hall–Kier alpha value is -3.29. The molecule has 8 heteroatoms. The van der Waals surface area contributed by atoms with Crippen LogP contribution in [0.25, 0.3) is 11.3 Å². The average Bonchev–Trinajstić information content (AvgIpc) is 3.15. The van der Waals surface area contributed by atoms with Crippen LogP contribution in [0.4, 0.5) is 4.39 Å². The summed E-state index contributed by atoms with van der Waals surface area (Å²) >= 11 is 0. The number of aromatic amines is 1. The molecule has 0 aliphatic carbocycles. The van der Waals surface area contributed by atoms with Crippen molar-refractivity contribution in [1.82, 2.24) is 15.4 Å². The van der Waals surface area contributed by atoms with Gasteiger partial charge in [-0.1, -0.05) is 0 Å². The highest BCUT2D eigenvalue weighted by atomic mass is 19.1. The van der Waals surface area contributed by atoms with Crippen molar-refractivity contribution in [2.24, 2.45) is 0 Å². The molecule has 1 heterocycles. The number of nitrogens with zero attached hydrogens (tertiary/aromatic N) is 2. The number of methoxy groups -OCH3 is 4. The Labute approximate surface area is 156 Å². The van der Waals surface area contributed by atoms with Crippen molar-refractivity contribution in [1.29, 1.82) is 0 Å². The van der Waals surface area contributed by atoms with Gasteiger partial charge in [-0.15, -0.1) is 0 Å². The fourth-order valence-electron chi connectivity index (χ4n) is 2.85. The van der Waals surface area contributed by atoms with Gasteiger partial charge in [-0.25, -0.2) is 4.39 Å². The number of hydrogen-bond acceptors (Lipinski definition) is 6. The molecule has 7 nitrogen and oxygen atoms in total. The molecule has 0 radical (unpaired) electrons. The lowest BCUT2D eigenvalue weighted by molar-refractivity contribution is 0.324. The second-order valence-electron chi connectivity index (χ2n) is 5.68. The summed E-state index contributed by atoms with van der Waals surface area (Å²) in [4.78, 5) is 0. The van der Waals surface area contributed by atoms with Gasteiger partial charge in [-0.3, -0.25) is 0 Å². The van der Waals surface area contributed by atoms with Crippen molar-refractivity contribution >= 4 is 0 Å². The minimum Gasteiger partial charge on any atom is -0.494 e. The van der Waals surface area contributed by atoms with Crippen LogP contribution in [0.3, 0.4) is 0 Å². The fraction of sp³-hybridized carbons (Fsp3) is 0.263. The molecule has 0 spiro atoms. The van der Waals surface area contributed by atoms with Crippen molar-refractivity contribution in [2.75, 3.05) is 28.4 Å². The first kappa shape index (κ1) is 18.5. The van der Waals surface area contributed by atoms with Gasteiger partial charge in [0.25, 0.3) is 0 Å². The van der Waals surface area contributed by atoms with Gasteiger partial charge < -0.3 is 18.9 Å². The summed E-state index contributed by atoms with van der Waals surface area (Å²) in [5.74, 6) is 1.33. The lowest BCUT2D eigenvalue weighted by Gasteiger charge is -2.14. The molecule has 3 aromatic rings. The van der Waals surface area contributed by atoms with Crippen molar-refractivity contribution in [3.63, 3.8) is 0 Å². The Bertz CT molecular complexity index is 917. The predicted octanol–water partition coefficient (Wildman–Crippen LogP) is 3.24. The molecule has 0 amide bonds. The molecule has 0 saturated heterocycles. The SMILES string of the molecule is COc1ccc(-c2n[nH]nc2Cc2cc(OC)c(OC)c(OC)c2)cc1F. The Morgan fingerprint density at radius 1 is 0.852 bits per heavy atom. The van der Waals surface area contributed by atoms with Gasteiger partial charge >= 0.3 is 0 Å².